The predicted octanol–water partition coefficient (Wildman–Crippen LogP) is 2.78. The number of thiazole rings is 1. The van der Waals surface area contributed by atoms with Gasteiger partial charge in [-0.25, -0.2) is 4.98 Å². The zero-order valence-electron chi connectivity index (χ0n) is 9.52. The number of fused-ring (bicyclic) bond motifs is 1. The van der Waals surface area contributed by atoms with Crippen molar-refractivity contribution in [1.29, 1.82) is 5.26 Å². The second kappa shape index (κ2) is 4.15. The van der Waals surface area contributed by atoms with Gasteiger partial charge in [0.15, 0.2) is 0 Å². The summed E-state index contributed by atoms with van der Waals surface area (Å²) in [5.41, 5.74) is 2.33. The summed E-state index contributed by atoms with van der Waals surface area (Å²) in [5.74, 6) is -0.302. The average Bonchev–Trinajstić information content (AvgIpc) is 2.76. The highest BCUT2D eigenvalue weighted by molar-refractivity contribution is 7.16. The van der Waals surface area contributed by atoms with Crippen molar-refractivity contribution in [3.8, 4) is 6.07 Å². The van der Waals surface area contributed by atoms with Gasteiger partial charge in [-0.1, -0.05) is 0 Å². The van der Waals surface area contributed by atoms with Gasteiger partial charge in [0.05, 0.1) is 21.8 Å². The second-order valence-corrected chi connectivity index (χ2v) is 5.11. The van der Waals surface area contributed by atoms with E-state index in [2.05, 4.69) is 10.3 Å². The van der Waals surface area contributed by atoms with Crippen molar-refractivity contribution in [3.63, 3.8) is 0 Å². The lowest BCUT2D eigenvalue weighted by atomic mass is 9.94. The van der Waals surface area contributed by atoms with Crippen LogP contribution in [0.25, 0.3) is 10.2 Å². The molecule has 0 aliphatic rings. The lowest BCUT2D eigenvalue weighted by molar-refractivity contribution is -0.121. The molecule has 2 aromatic rings. The van der Waals surface area contributed by atoms with E-state index in [1.165, 1.54) is 11.3 Å². The number of hydrogen-bond acceptors (Lipinski definition) is 4. The van der Waals surface area contributed by atoms with Crippen LogP contribution < -0.4 is 5.32 Å². The number of nitriles is 1. The molecule has 5 heteroatoms. The van der Waals surface area contributed by atoms with Gasteiger partial charge in [-0.15, -0.1) is 11.3 Å². The Morgan fingerprint density at radius 3 is 3.00 bits per heavy atom. The maximum absolute atomic E-state index is 11.8. The van der Waals surface area contributed by atoms with Gasteiger partial charge in [-0.3, -0.25) is 4.79 Å². The Morgan fingerprint density at radius 2 is 2.29 bits per heavy atom. The fourth-order valence-electron chi connectivity index (χ4n) is 1.27. The number of nitrogens with one attached hydrogen (secondary N) is 1. The quantitative estimate of drug-likeness (QED) is 0.884. The second-order valence-electron chi connectivity index (χ2n) is 4.23. The Morgan fingerprint density at radius 1 is 1.53 bits per heavy atom. The maximum Gasteiger partial charge on any atom is 0.244 e. The number of hydrogen-bond donors (Lipinski definition) is 1. The van der Waals surface area contributed by atoms with E-state index < -0.39 is 5.41 Å². The summed E-state index contributed by atoms with van der Waals surface area (Å²) in [5, 5.41) is 11.6. The summed E-state index contributed by atoms with van der Waals surface area (Å²) in [7, 11) is 0. The molecule has 0 aliphatic carbocycles. The number of anilines is 1. The molecule has 4 nitrogen and oxygen atoms in total. The van der Waals surface area contributed by atoms with Crippen molar-refractivity contribution in [1.82, 2.24) is 4.98 Å². The number of carbonyl (C=O) groups is 1. The first kappa shape index (κ1) is 11.6. The Balaban J connectivity index is 2.24. The van der Waals surface area contributed by atoms with Crippen molar-refractivity contribution >= 4 is 33.1 Å². The van der Waals surface area contributed by atoms with Crippen molar-refractivity contribution in [2.75, 3.05) is 5.32 Å². The highest BCUT2D eigenvalue weighted by atomic mass is 32.1. The van der Waals surface area contributed by atoms with E-state index in [1.54, 1.807) is 25.4 Å². The van der Waals surface area contributed by atoms with Crippen molar-refractivity contribution in [2.45, 2.75) is 13.8 Å². The van der Waals surface area contributed by atoms with Crippen LogP contribution >= 0.6 is 11.3 Å². The predicted molar refractivity (Wildman–Crippen MR) is 67.6 cm³/mol. The summed E-state index contributed by atoms with van der Waals surface area (Å²) in [6.45, 7) is 3.18. The normalized spacial score (nSPS) is 11.1. The summed E-state index contributed by atoms with van der Waals surface area (Å²) < 4.78 is 1.01. The van der Waals surface area contributed by atoms with E-state index in [1.807, 2.05) is 18.2 Å². The van der Waals surface area contributed by atoms with Crippen LogP contribution in [0.2, 0.25) is 0 Å². The summed E-state index contributed by atoms with van der Waals surface area (Å²) in [6, 6.07) is 7.46. The zero-order chi connectivity index (χ0) is 12.5. The molecule has 0 aliphatic heterocycles. The van der Waals surface area contributed by atoms with Crippen LogP contribution in [0.15, 0.2) is 23.7 Å². The lowest BCUT2D eigenvalue weighted by Crippen LogP contribution is -2.29. The number of amides is 1. The van der Waals surface area contributed by atoms with Crippen LogP contribution in [0.5, 0.6) is 0 Å². The van der Waals surface area contributed by atoms with Gasteiger partial charge in [-0.05, 0) is 32.0 Å². The Kier molecular flexibility index (Phi) is 2.82. The molecule has 2 rings (SSSR count). The molecule has 0 radical (unpaired) electrons. The van der Waals surface area contributed by atoms with E-state index >= 15 is 0 Å². The first-order valence-corrected chi connectivity index (χ1v) is 5.97. The van der Waals surface area contributed by atoms with Crippen LogP contribution in [0.1, 0.15) is 13.8 Å². The minimum absolute atomic E-state index is 0.302. The van der Waals surface area contributed by atoms with Crippen LogP contribution in [-0.4, -0.2) is 10.9 Å². The molecular formula is C12H11N3OS. The standard InChI is InChI=1S/C12H11N3OS/c1-12(2,6-13)11(16)15-8-3-4-9-10(5-8)17-7-14-9/h3-5,7H,1-2H3,(H,15,16). The zero-order valence-corrected chi connectivity index (χ0v) is 10.3. The number of carbonyl (C=O) groups excluding carboxylic acids is 1. The molecule has 0 atom stereocenters. The SMILES string of the molecule is CC(C)(C#N)C(=O)Nc1ccc2ncsc2c1. The van der Waals surface area contributed by atoms with Gasteiger partial charge in [0.25, 0.3) is 0 Å². The van der Waals surface area contributed by atoms with E-state index in [-0.39, 0.29) is 5.91 Å². The van der Waals surface area contributed by atoms with Crippen molar-refractivity contribution < 1.29 is 4.79 Å². The van der Waals surface area contributed by atoms with Gasteiger partial charge in [-0.2, -0.15) is 5.26 Å². The third-order valence-electron chi connectivity index (χ3n) is 2.44. The number of nitrogens with zero attached hydrogens (tertiary/aromatic N) is 2. The Bertz CT molecular complexity index is 609. The first-order chi connectivity index (χ1) is 8.03. The van der Waals surface area contributed by atoms with Gasteiger partial charge >= 0.3 is 0 Å². The Labute approximate surface area is 103 Å². The van der Waals surface area contributed by atoms with Crippen molar-refractivity contribution in [3.05, 3.63) is 23.7 Å². The van der Waals surface area contributed by atoms with E-state index in [4.69, 9.17) is 5.26 Å². The van der Waals surface area contributed by atoms with Crippen LogP contribution in [0.4, 0.5) is 5.69 Å². The van der Waals surface area contributed by atoms with E-state index in [0.29, 0.717) is 5.69 Å². The first-order valence-electron chi connectivity index (χ1n) is 5.09. The molecule has 0 saturated heterocycles. The molecule has 0 spiro atoms. The smallest absolute Gasteiger partial charge is 0.244 e. The third-order valence-corrected chi connectivity index (χ3v) is 3.23. The molecule has 1 amide bonds. The fraction of sp³-hybridized carbons (Fsp3) is 0.250. The number of aromatic nitrogens is 1. The largest absolute Gasteiger partial charge is 0.325 e. The summed E-state index contributed by atoms with van der Waals surface area (Å²) in [6.07, 6.45) is 0. The molecule has 0 fully saturated rings. The topological polar surface area (TPSA) is 65.8 Å². The minimum atomic E-state index is -1.03. The highest BCUT2D eigenvalue weighted by Gasteiger charge is 2.27. The van der Waals surface area contributed by atoms with Gasteiger partial charge < -0.3 is 5.32 Å². The van der Waals surface area contributed by atoms with Crippen molar-refractivity contribution in [2.24, 2.45) is 5.41 Å². The van der Waals surface area contributed by atoms with Crippen LogP contribution in [0.3, 0.4) is 0 Å². The molecule has 1 heterocycles. The summed E-state index contributed by atoms with van der Waals surface area (Å²) in [4.78, 5) is 16.0. The molecule has 0 saturated carbocycles. The average molecular weight is 245 g/mol. The monoisotopic (exact) mass is 245 g/mol. The van der Waals surface area contributed by atoms with Gasteiger partial charge in [0, 0.05) is 5.69 Å². The highest BCUT2D eigenvalue weighted by Crippen LogP contribution is 2.23. The molecule has 1 N–H and O–H groups in total. The maximum atomic E-state index is 11.8. The fourth-order valence-corrected chi connectivity index (χ4v) is 1.99. The van der Waals surface area contributed by atoms with Crippen LogP contribution in [-0.2, 0) is 4.79 Å². The van der Waals surface area contributed by atoms with Gasteiger partial charge in [0.1, 0.15) is 5.41 Å². The lowest BCUT2D eigenvalue weighted by Gasteiger charge is -2.14. The number of benzene rings is 1. The van der Waals surface area contributed by atoms with Crippen LogP contribution in [0, 0.1) is 16.7 Å². The molecular weight excluding hydrogens is 234 g/mol. The molecule has 0 bridgehead atoms. The van der Waals surface area contributed by atoms with E-state index in [9.17, 15) is 4.79 Å². The molecule has 0 unspecified atom stereocenters. The minimum Gasteiger partial charge on any atom is -0.325 e. The molecule has 1 aromatic carbocycles. The molecule has 1 aromatic heterocycles. The molecule has 17 heavy (non-hydrogen) atoms. The summed E-state index contributed by atoms with van der Waals surface area (Å²) >= 11 is 1.51. The Hall–Kier alpha value is -1.93. The molecule has 86 valence electrons. The third kappa shape index (κ3) is 2.27. The van der Waals surface area contributed by atoms with E-state index in [0.717, 1.165) is 10.2 Å². The number of rotatable bonds is 2. The van der Waals surface area contributed by atoms with Gasteiger partial charge in [0.2, 0.25) is 5.91 Å².